The third kappa shape index (κ3) is 2.84. The normalized spacial score (nSPS) is 24.7. The minimum Gasteiger partial charge on any atom is -0.358 e. The summed E-state index contributed by atoms with van der Waals surface area (Å²) in [4.78, 5) is 7.83. The number of halogens is 1. The zero-order chi connectivity index (χ0) is 17.5. The van der Waals surface area contributed by atoms with Gasteiger partial charge in [0.1, 0.15) is 5.82 Å². The van der Waals surface area contributed by atoms with Crippen molar-refractivity contribution in [1.29, 1.82) is 0 Å². The van der Waals surface area contributed by atoms with Crippen LogP contribution in [0.5, 0.6) is 0 Å². The van der Waals surface area contributed by atoms with Crippen molar-refractivity contribution in [2.24, 2.45) is 0 Å². The second-order valence-corrected chi connectivity index (χ2v) is 7.56. The predicted molar refractivity (Wildman–Crippen MR) is 101 cm³/mol. The second kappa shape index (κ2) is 6.36. The summed E-state index contributed by atoms with van der Waals surface area (Å²) in [6, 6.07) is 14.4. The Morgan fingerprint density at radius 2 is 1.58 bits per heavy atom. The maximum Gasteiger partial charge on any atom is 0.123 e. The van der Waals surface area contributed by atoms with E-state index >= 15 is 0 Å². The van der Waals surface area contributed by atoms with Crippen molar-refractivity contribution in [3.8, 4) is 22.4 Å². The van der Waals surface area contributed by atoms with Crippen LogP contribution in [0.2, 0.25) is 0 Å². The molecular formula is C22H22FN3. The number of hydrogen-bond acceptors (Lipinski definition) is 2. The third-order valence-electron chi connectivity index (χ3n) is 5.88. The molecule has 5 rings (SSSR count). The van der Waals surface area contributed by atoms with Gasteiger partial charge >= 0.3 is 0 Å². The first-order chi connectivity index (χ1) is 12.8. The lowest BCUT2D eigenvalue weighted by atomic mass is 9.89. The first kappa shape index (κ1) is 15.8. The summed E-state index contributed by atoms with van der Waals surface area (Å²) in [6.45, 7) is 0. The third-order valence-corrected chi connectivity index (χ3v) is 5.88. The average Bonchev–Trinajstić information content (AvgIpc) is 3.27. The van der Waals surface area contributed by atoms with Crippen LogP contribution in [-0.2, 0) is 0 Å². The minimum atomic E-state index is -0.207. The van der Waals surface area contributed by atoms with Gasteiger partial charge in [0, 0.05) is 41.7 Å². The Morgan fingerprint density at radius 1 is 0.885 bits per heavy atom. The van der Waals surface area contributed by atoms with Crippen molar-refractivity contribution in [3.63, 3.8) is 0 Å². The highest BCUT2D eigenvalue weighted by molar-refractivity contribution is 5.82. The van der Waals surface area contributed by atoms with E-state index in [9.17, 15) is 4.39 Å². The molecule has 2 aliphatic rings. The lowest BCUT2D eigenvalue weighted by Crippen LogP contribution is -2.37. The summed E-state index contributed by atoms with van der Waals surface area (Å²) in [6.07, 6.45) is 8.61. The van der Waals surface area contributed by atoms with Crippen molar-refractivity contribution in [2.75, 3.05) is 0 Å². The second-order valence-electron chi connectivity index (χ2n) is 7.56. The van der Waals surface area contributed by atoms with E-state index in [-0.39, 0.29) is 5.82 Å². The van der Waals surface area contributed by atoms with E-state index < -0.39 is 0 Å². The highest BCUT2D eigenvalue weighted by atomic mass is 19.1. The Kier molecular flexibility index (Phi) is 3.86. The maximum absolute atomic E-state index is 13.4. The average molecular weight is 347 g/mol. The number of aromatic nitrogens is 2. The molecule has 1 aromatic carbocycles. The Morgan fingerprint density at radius 3 is 2.27 bits per heavy atom. The van der Waals surface area contributed by atoms with Gasteiger partial charge < -0.3 is 10.3 Å². The molecule has 3 aromatic rings. The van der Waals surface area contributed by atoms with Gasteiger partial charge in [-0.15, -0.1) is 0 Å². The molecule has 2 bridgehead atoms. The number of aromatic amines is 1. The fourth-order valence-corrected chi connectivity index (χ4v) is 4.61. The van der Waals surface area contributed by atoms with Crippen molar-refractivity contribution >= 4 is 0 Å². The van der Waals surface area contributed by atoms with Gasteiger partial charge in [-0.3, -0.25) is 4.98 Å². The SMILES string of the molecule is Fc1ccc(-c2[nH]c(C3CC4CCC(C3)N4)cc2-c2ccncc2)cc1. The van der Waals surface area contributed by atoms with Crippen LogP contribution in [0, 0.1) is 5.82 Å². The first-order valence-corrected chi connectivity index (χ1v) is 9.41. The van der Waals surface area contributed by atoms with E-state index in [1.165, 1.54) is 49.1 Å². The molecule has 2 saturated heterocycles. The summed E-state index contributed by atoms with van der Waals surface area (Å²) in [5.74, 6) is 0.351. The van der Waals surface area contributed by atoms with Crippen molar-refractivity contribution in [3.05, 3.63) is 66.4 Å². The monoisotopic (exact) mass is 347 g/mol. The largest absolute Gasteiger partial charge is 0.358 e. The van der Waals surface area contributed by atoms with Crippen LogP contribution in [0.1, 0.15) is 37.3 Å². The number of piperidine rings is 1. The van der Waals surface area contributed by atoms with E-state index in [1.54, 1.807) is 0 Å². The van der Waals surface area contributed by atoms with E-state index in [4.69, 9.17) is 0 Å². The molecule has 2 atom stereocenters. The van der Waals surface area contributed by atoms with Gasteiger partial charge in [-0.25, -0.2) is 4.39 Å². The zero-order valence-electron chi connectivity index (χ0n) is 14.6. The number of nitrogens with zero attached hydrogens (tertiary/aromatic N) is 1. The molecule has 2 aromatic heterocycles. The molecule has 2 fully saturated rings. The highest BCUT2D eigenvalue weighted by Crippen LogP contribution is 2.41. The van der Waals surface area contributed by atoms with Gasteiger partial charge in [0.15, 0.2) is 0 Å². The number of nitrogens with one attached hydrogen (secondary N) is 2. The van der Waals surface area contributed by atoms with Crippen molar-refractivity contribution in [1.82, 2.24) is 15.3 Å². The Labute approximate surface area is 152 Å². The summed E-state index contributed by atoms with van der Waals surface area (Å²) >= 11 is 0. The summed E-state index contributed by atoms with van der Waals surface area (Å²) in [5, 5.41) is 3.72. The number of hydrogen-bond donors (Lipinski definition) is 2. The van der Waals surface area contributed by atoms with Crippen LogP contribution in [0.15, 0.2) is 54.9 Å². The number of rotatable bonds is 3. The van der Waals surface area contributed by atoms with E-state index in [0.29, 0.717) is 18.0 Å². The molecular weight excluding hydrogens is 325 g/mol. The van der Waals surface area contributed by atoms with Gasteiger partial charge in [0.05, 0.1) is 5.69 Å². The Bertz CT molecular complexity index is 889. The maximum atomic E-state index is 13.4. The quantitative estimate of drug-likeness (QED) is 0.709. The molecule has 0 amide bonds. The molecule has 4 heterocycles. The number of fused-ring (bicyclic) bond motifs is 2. The fourth-order valence-electron chi connectivity index (χ4n) is 4.61. The molecule has 132 valence electrons. The minimum absolute atomic E-state index is 0.207. The van der Waals surface area contributed by atoms with Crippen molar-refractivity contribution in [2.45, 2.75) is 43.7 Å². The van der Waals surface area contributed by atoms with Crippen LogP contribution in [0.3, 0.4) is 0 Å². The van der Waals surface area contributed by atoms with Crippen LogP contribution in [0.4, 0.5) is 4.39 Å². The molecule has 2 aliphatic heterocycles. The smallest absolute Gasteiger partial charge is 0.123 e. The molecule has 3 nitrogen and oxygen atoms in total. The molecule has 4 heteroatoms. The van der Waals surface area contributed by atoms with Crippen LogP contribution in [0.25, 0.3) is 22.4 Å². The first-order valence-electron chi connectivity index (χ1n) is 9.41. The topological polar surface area (TPSA) is 40.7 Å². The van der Waals surface area contributed by atoms with Gasteiger partial charge in [0.25, 0.3) is 0 Å². The van der Waals surface area contributed by atoms with E-state index in [2.05, 4.69) is 21.4 Å². The Hall–Kier alpha value is -2.46. The molecule has 0 radical (unpaired) electrons. The van der Waals surface area contributed by atoms with Gasteiger partial charge in [0.2, 0.25) is 0 Å². The predicted octanol–water partition coefficient (Wildman–Crippen LogP) is 4.88. The van der Waals surface area contributed by atoms with Crippen LogP contribution >= 0.6 is 0 Å². The van der Waals surface area contributed by atoms with Gasteiger partial charge in [-0.05, 0) is 79.3 Å². The molecule has 2 unspecified atom stereocenters. The summed E-state index contributed by atoms with van der Waals surface area (Å²) < 4.78 is 13.4. The number of H-pyrrole nitrogens is 1. The molecule has 26 heavy (non-hydrogen) atoms. The molecule has 0 spiro atoms. The lowest BCUT2D eigenvalue weighted by molar-refractivity contribution is 0.360. The molecule has 0 aliphatic carbocycles. The van der Waals surface area contributed by atoms with E-state index in [1.807, 2.05) is 36.7 Å². The lowest BCUT2D eigenvalue weighted by Gasteiger charge is -2.28. The number of pyridine rings is 1. The van der Waals surface area contributed by atoms with Gasteiger partial charge in [-0.2, -0.15) is 0 Å². The Balaban J connectivity index is 1.58. The standard InChI is InChI=1S/C22H22FN3/c23-17-3-1-15(2-4-17)22-20(14-7-9-24-10-8-14)13-21(26-22)16-11-18-5-6-19(12-16)25-18/h1-4,7-10,13,16,18-19,25-26H,5-6,11-12H2. The summed E-state index contributed by atoms with van der Waals surface area (Å²) in [5.41, 5.74) is 5.69. The highest BCUT2D eigenvalue weighted by Gasteiger charge is 2.35. The van der Waals surface area contributed by atoms with E-state index in [0.717, 1.165) is 16.8 Å². The molecule has 2 N–H and O–H groups in total. The van der Waals surface area contributed by atoms with Crippen LogP contribution in [-0.4, -0.2) is 22.1 Å². The zero-order valence-corrected chi connectivity index (χ0v) is 14.6. The fraction of sp³-hybridized carbons (Fsp3) is 0.318. The number of benzene rings is 1. The van der Waals surface area contributed by atoms with Crippen molar-refractivity contribution < 1.29 is 4.39 Å². The van der Waals surface area contributed by atoms with Gasteiger partial charge in [-0.1, -0.05) is 0 Å². The van der Waals surface area contributed by atoms with Crippen LogP contribution < -0.4 is 5.32 Å². The summed E-state index contributed by atoms with van der Waals surface area (Å²) in [7, 11) is 0. The molecule has 0 saturated carbocycles.